The Balaban J connectivity index is 1.74. The second kappa shape index (κ2) is 10.6. The molecule has 0 unspecified atom stereocenters. The number of carbonyl (C=O) groups is 1. The van der Waals surface area contributed by atoms with Gasteiger partial charge in [0.25, 0.3) is 0 Å². The molecule has 0 fully saturated rings. The largest absolute Gasteiger partial charge is 0.497 e. The summed E-state index contributed by atoms with van der Waals surface area (Å²) in [6.45, 7) is 7.76. The first-order valence-electron chi connectivity index (χ1n) is 10.2. The third-order valence-electron chi connectivity index (χ3n) is 5.13. The zero-order valence-corrected chi connectivity index (χ0v) is 18.4. The van der Waals surface area contributed by atoms with Crippen LogP contribution >= 0.6 is 11.3 Å². The lowest BCUT2D eigenvalue weighted by Crippen LogP contribution is -2.47. The maximum absolute atomic E-state index is 13.2. The normalized spacial score (nSPS) is 16.8. The summed E-state index contributed by atoms with van der Waals surface area (Å²) in [6, 6.07) is 9.44. The number of benzene rings is 1. The third kappa shape index (κ3) is 5.62. The average molecular weight is 431 g/mol. The van der Waals surface area contributed by atoms with Gasteiger partial charge in [-0.25, -0.2) is 0 Å². The smallest absolute Gasteiger partial charge is 0.237 e. The maximum Gasteiger partial charge on any atom is 0.237 e. The van der Waals surface area contributed by atoms with Crippen molar-refractivity contribution in [2.45, 2.75) is 25.5 Å². The molecule has 162 valence electrons. The van der Waals surface area contributed by atoms with Crippen molar-refractivity contribution in [1.82, 2.24) is 9.80 Å². The van der Waals surface area contributed by atoms with E-state index in [0.717, 1.165) is 17.7 Å². The van der Waals surface area contributed by atoms with E-state index >= 15 is 0 Å². The Morgan fingerprint density at radius 1 is 1.43 bits per heavy atom. The van der Waals surface area contributed by atoms with E-state index in [1.165, 1.54) is 4.88 Å². The minimum absolute atomic E-state index is 0.0357. The monoisotopic (exact) mass is 430 g/mol. The zero-order chi connectivity index (χ0) is 21.5. The van der Waals surface area contributed by atoms with Crippen LogP contribution in [0.15, 0.2) is 48.4 Å². The molecule has 2 aromatic rings. The number of carbonyl (C=O) groups excluding carboxylic acids is 1. The molecule has 1 aromatic heterocycles. The fraction of sp³-hybridized carbons (Fsp3) is 0.435. The van der Waals surface area contributed by atoms with Gasteiger partial charge >= 0.3 is 0 Å². The van der Waals surface area contributed by atoms with Gasteiger partial charge in [0.2, 0.25) is 5.91 Å². The van der Waals surface area contributed by atoms with Crippen molar-refractivity contribution in [3.8, 4) is 11.5 Å². The number of nitrogens with zero attached hydrogens (tertiary/aromatic N) is 2. The molecule has 6 nitrogen and oxygen atoms in total. The van der Waals surface area contributed by atoms with Crippen LogP contribution in [0, 0.1) is 0 Å². The van der Waals surface area contributed by atoms with Gasteiger partial charge in [-0.2, -0.15) is 0 Å². The molecule has 0 saturated heterocycles. The van der Waals surface area contributed by atoms with Crippen molar-refractivity contribution in [1.29, 1.82) is 0 Å². The van der Waals surface area contributed by atoms with Gasteiger partial charge in [-0.3, -0.25) is 9.69 Å². The first-order valence-corrected chi connectivity index (χ1v) is 11.0. The Bertz CT molecular complexity index is 851. The lowest BCUT2D eigenvalue weighted by Gasteiger charge is -2.37. The van der Waals surface area contributed by atoms with Crippen LogP contribution in [-0.4, -0.2) is 66.8 Å². The van der Waals surface area contributed by atoms with E-state index in [2.05, 4.69) is 18.0 Å². The first-order chi connectivity index (χ1) is 14.5. The number of hydrogen-bond acceptors (Lipinski definition) is 6. The highest BCUT2D eigenvalue weighted by molar-refractivity contribution is 7.10. The standard InChI is InChI=1S/C23H30N2O4S/c1-4-10-24(14-17(2)26)15-23(27)25-11-8-22-20(9-12-30-22)21(25)16-29-19-7-5-6-18(13-19)28-3/h4-7,9,12-13,17,21,26H,1,8,10-11,14-16H2,2-3H3/t17-,21-/m1/s1. The minimum Gasteiger partial charge on any atom is -0.497 e. The van der Waals surface area contributed by atoms with E-state index in [-0.39, 0.29) is 18.5 Å². The predicted molar refractivity (Wildman–Crippen MR) is 119 cm³/mol. The van der Waals surface area contributed by atoms with Gasteiger partial charge in [0.15, 0.2) is 0 Å². The summed E-state index contributed by atoms with van der Waals surface area (Å²) < 4.78 is 11.3. The molecule has 0 saturated carbocycles. The quantitative estimate of drug-likeness (QED) is 0.587. The molecule has 7 heteroatoms. The molecule has 30 heavy (non-hydrogen) atoms. The van der Waals surface area contributed by atoms with Crippen LogP contribution in [0.1, 0.15) is 23.4 Å². The summed E-state index contributed by atoms with van der Waals surface area (Å²) in [6.07, 6.45) is 2.10. The number of rotatable bonds is 10. The number of fused-ring (bicyclic) bond motifs is 1. The number of thiophene rings is 1. The molecule has 1 amide bonds. The van der Waals surface area contributed by atoms with Gasteiger partial charge in [0.1, 0.15) is 18.1 Å². The molecule has 1 aliphatic heterocycles. The average Bonchev–Trinajstić information content (AvgIpc) is 3.20. The van der Waals surface area contributed by atoms with Crippen molar-refractivity contribution in [3.05, 3.63) is 58.8 Å². The highest BCUT2D eigenvalue weighted by Crippen LogP contribution is 2.34. The molecular weight excluding hydrogens is 400 g/mol. The molecular formula is C23H30N2O4S. The van der Waals surface area contributed by atoms with Crippen LogP contribution in [0.2, 0.25) is 0 Å². The number of aliphatic hydroxyl groups excluding tert-OH is 1. The van der Waals surface area contributed by atoms with Crippen molar-refractivity contribution >= 4 is 17.2 Å². The SMILES string of the molecule is C=CCN(CC(=O)N1CCc2sccc2[C@H]1COc1cccc(OC)c1)C[C@@H](C)O. The van der Waals surface area contributed by atoms with Crippen molar-refractivity contribution in [2.75, 3.05) is 39.9 Å². The molecule has 0 bridgehead atoms. The van der Waals surface area contributed by atoms with Crippen LogP contribution < -0.4 is 9.47 Å². The van der Waals surface area contributed by atoms with E-state index in [1.807, 2.05) is 34.1 Å². The number of amides is 1. The maximum atomic E-state index is 13.2. The summed E-state index contributed by atoms with van der Waals surface area (Å²) in [5.74, 6) is 1.48. The summed E-state index contributed by atoms with van der Waals surface area (Å²) in [5, 5.41) is 11.8. The van der Waals surface area contributed by atoms with Gasteiger partial charge in [-0.15, -0.1) is 17.9 Å². The molecule has 1 aliphatic rings. The molecule has 3 rings (SSSR count). The van der Waals surface area contributed by atoms with E-state index in [4.69, 9.17) is 9.47 Å². The Morgan fingerprint density at radius 3 is 2.97 bits per heavy atom. The van der Waals surface area contributed by atoms with Crippen LogP contribution in [0.5, 0.6) is 11.5 Å². The van der Waals surface area contributed by atoms with Gasteiger partial charge in [0, 0.05) is 30.6 Å². The van der Waals surface area contributed by atoms with Gasteiger partial charge < -0.3 is 19.5 Å². The summed E-state index contributed by atoms with van der Waals surface area (Å²) >= 11 is 1.73. The third-order valence-corrected chi connectivity index (χ3v) is 6.13. The molecule has 2 heterocycles. The number of aliphatic hydroxyl groups is 1. The summed E-state index contributed by atoms with van der Waals surface area (Å²) in [4.78, 5) is 18.4. The zero-order valence-electron chi connectivity index (χ0n) is 17.6. The Labute approximate surface area is 182 Å². The Kier molecular flexibility index (Phi) is 7.90. The topological polar surface area (TPSA) is 62.2 Å². The summed E-state index contributed by atoms with van der Waals surface area (Å²) in [7, 11) is 1.63. The van der Waals surface area contributed by atoms with Gasteiger partial charge in [-0.1, -0.05) is 12.1 Å². The van der Waals surface area contributed by atoms with Crippen molar-refractivity contribution in [3.63, 3.8) is 0 Å². The van der Waals surface area contributed by atoms with Crippen molar-refractivity contribution in [2.24, 2.45) is 0 Å². The van der Waals surface area contributed by atoms with Gasteiger partial charge in [-0.05, 0) is 42.5 Å². The lowest BCUT2D eigenvalue weighted by atomic mass is 10.0. The molecule has 1 aromatic carbocycles. The van der Waals surface area contributed by atoms with Crippen LogP contribution in [0.4, 0.5) is 0 Å². The fourth-order valence-electron chi connectivity index (χ4n) is 3.78. The molecule has 0 aliphatic carbocycles. The van der Waals surface area contributed by atoms with Crippen LogP contribution in [0.25, 0.3) is 0 Å². The molecule has 2 atom stereocenters. The van der Waals surface area contributed by atoms with Crippen LogP contribution in [0.3, 0.4) is 0 Å². The Hall–Kier alpha value is -2.35. The number of methoxy groups -OCH3 is 1. The van der Waals surface area contributed by atoms with Crippen LogP contribution in [-0.2, 0) is 11.2 Å². The number of hydrogen-bond donors (Lipinski definition) is 1. The lowest BCUT2D eigenvalue weighted by molar-refractivity contribution is -0.136. The Morgan fingerprint density at radius 2 is 2.23 bits per heavy atom. The van der Waals surface area contributed by atoms with E-state index < -0.39 is 6.10 Å². The molecule has 0 radical (unpaired) electrons. The number of ether oxygens (including phenoxy) is 2. The highest BCUT2D eigenvalue weighted by Gasteiger charge is 2.32. The predicted octanol–water partition coefficient (Wildman–Crippen LogP) is 3.13. The minimum atomic E-state index is -0.505. The van der Waals surface area contributed by atoms with E-state index in [1.54, 1.807) is 31.4 Å². The van der Waals surface area contributed by atoms with E-state index in [9.17, 15) is 9.90 Å². The second-order valence-corrected chi connectivity index (χ2v) is 8.47. The van der Waals surface area contributed by atoms with E-state index in [0.29, 0.717) is 32.0 Å². The first kappa shape index (κ1) is 22.3. The van der Waals surface area contributed by atoms with Crippen molar-refractivity contribution < 1.29 is 19.4 Å². The summed E-state index contributed by atoms with van der Waals surface area (Å²) in [5.41, 5.74) is 1.16. The molecule has 0 spiro atoms. The second-order valence-electron chi connectivity index (χ2n) is 7.47. The highest BCUT2D eigenvalue weighted by atomic mass is 32.1. The van der Waals surface area contributed by atoms with Gasteiger partial charge in [0.05, 0.1) is 25.8 Å². The molecule has 1 N–H and O–H groups in total. The fourth-order valence-corrected chi connectivity index (χ4v) is 4.71.